The fraction of sp³-hybridized carbons (Fsp3) is 0.400. The summed E-state index contributed by atoms with van der Waals surface area (Å²) in [6.07, 6.45) is 0.823. The average molecular weight is 214 g/mol. The van der Waals surface area contributed by atoms with Crippen LogP contribution in [0.15, 0.2) is 29.2 Å². The van der Waals surface area contributed by atoms with Crippen LogP contribution >= 0.6 is 0 Å². The van der Waals surface area contributed by atoms with Crippen molar-refractivity contribution in [2.24, 2.45) is 0 Å². The van der Waals surface area contributed by atoms with Gasteiger partial charge in [0.15, 0.2) is 0 Å². The lowest BCUT2D eigenvalue weighted by Crippen LogP contribution is -2.14. The van der Waals surface area contributed by atoms with Crippen molar-refractivity contribution in [3.8, 4) is 0 Å². The minimum atomic E-state index is -1.06. The van der Waals surface area contributed by atoms with E-state index < -0.39 is 10.8 Å². The van der Waals surface area contributed by atoms with E-state index in [-0.39, 0.29) is 11.1 Å². The fourth-order valence-electron chi connectivity index (χ4n) is 1.44. The van der Waals surface area contributed by atoms with Crippen LogP contribution in [0.2, 0.25) is 0 Å². The summed E-state index contributed by atoms with van der Waals surface area (Å²) in [5, 5.41) is 0.0699. The Bertz CT molecular complexity index is 330. The number of benzene rings is 1. The third-order valence-corrected chi connectivity index (χ3v) is 3.95. The van der Waals surface area contributed by atoms with Gasteiger partial charge in [-0.2, -0.15) is 0 Å². The molecule has 0 amide bonds. The Hall–Kier alpha value is -0.740. The second-order valence-electron chi connectivity index (χ2n) is 3.24. The smallest absolute Gasteiger partial charge is 0.123 e. The predicted octanol–water partition coefficient (Wildman–Crippen LogP) is 1.72. The highest BCUT2D eigenvalue weighted by Crippen LogP contribution is 2.18. The van der Waals surface area contributed by atoms with Crippen molar-refractivity contribution in [3.05, 3.63) is 30.1 Å². The fourth-order valence-corrected chi connectivity index (χ4v) is 2.76. The van der Waals surface area contributed by atoms with Gasteiger partial charge in [-0.1, -0.05) is 0 Å². The molecule has 0 spiro atoms. The number of ether oxygens (including phenoxy) is 1. The van der Waals surface area contributed by atoms with Crippen molar-refractivity contribution < 1.29 is 13.3 Å². The molecule has 1 aromatic rings. The molecule has 0 saturated carbocycles. The molecule has 1 aliphatic rings. The van der Waals surface area contributed by atoms with Crippen molar-refractivity contribution >= 4 is 10.8 Å². The molecule has 1 saturated heterocycles. The highest BCUT2D eigenvalue weighted by atomic mass is 32.2. The molecule has 2 rings (SSSR count). The van der Waals surface area contributed by atoms with E-state index in [1.165, 1.54) is 12.1 Å². The van der Waals surface area contributed by atoms with Crippen LogP contribution in [0.4, 0.5) is 4.39 Å². The van der Waals surface area contributed by atoms with E-state index in [1.807, 2.05) is 0 Å². The van der Waals surface area contributed by atoms with Gasteiger partial charge in [-0.15, -0.1) is 0 Å². The minimum absolute atomic E-state index is 0.0699. The second-order valence-corrected chi connectivity index (χ2v) is 4.97. The Labute approximate surface area is 84.5 Å². The summed E-state index contributed by atoms with van der Waals surface area (Å²) in [7, 11) is -1.06. The van der Waals surface area contributed by atoms with Crippen molar-refractivity contribution in [2.45, 2.75) is 16.6 Å². The zero-order chi connectivity index (χ0) is 9.97. The molecule has 76 valence electrons. The third-order valence-electron chi connectivity index (χ3n) is 2.24. The second kappa shape index (κ2) is 4.19. The predicted molar refractivity (Wildman–Crippen MR) is 52.0 cm³/mol. The Morgan fingerprint density at radius 3 is 2.64 bits per heavy atom. The van der Waals surface area contributed by atoms with Crippen molar-refractivity contribution in [2.75, 3.05) is 13.2 Å². The largest absolute Gasteiger partial charge is 0.380 e. The maximum atomic E-state index is 12.6. The molecule has 2 unspecified atom stereocenters. The maximum absolute atomic E-state index is 12.6. The van der Waals surface area contributed by atoms with Gasteiger partial charge in [0.1, 0.15) is 5.82 Å². The number of rotatable bonds is 2. The van der Waals surface area contributed by atoms with E-state index in [0.29, 0.717) is 18.1 Å². The van der Waals surface area contributed by atoms with Gasteiger partial charge in [-0.05, 0) is 30.7 Å². The van der Waals surface area contributed by atoms with Crippen LogP contribution in [-0.2, 0) is 15.5 Å². The topological polar surface area (TPSA) is 26.3 Å². The lowest BCUT2D eigenvalue weighted by molar-refractivity contribution is 0.199. The highest BCUT2D eigenvalue weighted by Gasteiger charge is 2.23. The molecule has 1 aromatic carbocycles. The first kappa shape index (κ1) is 9.80. The quantitative estimate of drug-likeness (QED) is 0.749. The van der Waals surface area contributed by atoms with E-state index in [0.717, 1.165) is 6.42 Å². The highest BCUT2D eigenvalue weighted by molar-refractivity contribution is 7.85. The molecule has 1 aliphatic heterocycles. The summed E-state index contributed by atoms with van der Waals surface area (Å²) in [6, 6.07) is 5.82. The molecule has 1 fully saturated rings. The summed E-state index contributed by atoms with van der Waals surface area (Å²) in [6.45, 7) is 1.22. The summed E-state index contributed by atoms with van der Waals surface area (Å²) in [5.41, 5.74) is 0. The molecule has 0 aromatic heterocycles. The number of hydrogen-bond acceptors (Lipinski definition) is 2. The van der Waals surface area contributed by atoms with Crippen LogP contribution in [0, 0.1) is 5.82 Å². The van der Waals surface area contributed by atoms with Crippen molar-refractivity contribution in [1.29, 1.82) is 0 Å². The minimum Gasteiger partial charge on any atom is -0.380 e. The van der Waals surface area contributed by atoms with Gasteiger partial charge in [-0.3, -0.25) is 4.21 Å². The molecule has 0 radical (unpaired) electrons. The molecule has 14 heavy (non-hydrogen) atoms. The molecule has 0 aliphatic carbocycles. The first-order chi connectivity index (χ1) is 6.77. The van der Waals surface area contributed by atoms with Gasteiger partial charge < -0.3 is 4.74 Å². The number of halogens is 1. The monoisotopic (exact) mass is 214 g/mol. The molecule has 2 nitrogen and oxygen atoms in total. The lowest BCUT2D eigenvalue weighted by atomic mass is 10.3. The van der Waals surface area contributed by atoms with Gasteiger partial charge in [0.05, 0.1) is 22.7 Å². The summed E-state index contributed by atoms with van der Waals surface area (Å²) in [4.78, 5) is 0.682. The van der Waals surface area contributed by atoms with Gasteiger partial charge in [0.2, 0.25) is 0 Å². The normalized spacial score (nSPS) is 23.6. The SMILES string of the molecule is O=S(c1ccc(F)cc1)C1CCOC1. The number of hydrogen-bond donors (Lipinski definition) is 0. The van der Waals surface area contributed by atoms with E-state index in [4.69, 9.17) is 4.74 Å². The van der Waals surface area contributed by atoms with Crippen LogP contribution in [-0.4, -0.2) is 22.7 Å². The van der Waals surface area contributed by atoms with Crippen LogP contribution in [0.5, 0.6) is 0 Å². The Morgan fingerprint density at radius 1 is 1.36 bits per heavy atom. The van der Waals surface area contributed by atoms with Crippen molar-refractivity contribution in [1.82, 2.24) is 0 Å². The molecule has 4 heteroatoms. The zero-order valence-corrected chi connectivity index (χ0v) is 8.43. The third kappa shape index (κ3) is 2.01. The van der Waals surface area contributed by atoms with Crippen LogP contribution in [0.3, 0.4) is 0 Å². The molecule has 0 bridgehead atoms. The van der Waals surface area contributed by atoms with Gasteiger partial charge in [0.25, 0.3) is 0 Å². The molecule has 0 N–H and O–H groups in total. The Balaban J connectivity index is 2.14. The van der Waals surface area contributed by atoms with Gasteiger partial charge in [-0.25, -0.2) is 4.39 Å². The first-order valence-electron chi connectivity index (χ1n) is 4.51. The first-order valence-corrected chi connectivity index (χ1v) is 5.72. The maximum Gasteiger partial charge on any atom is 0.123 e. The summed E-state index contributed by atoms with van der Waals surface area (Å²) in [5.74, 6) is -0.298. The van der Waals surface area contributed by atoms with Crippen LogP contribution in [0.1, 0.15) is 6.42 Å². The van der Waals surface area contributed by atoms with Gasteiger partial charge >= 0.3 is 0 Å². The summed E-state index contributed by atoms with van der Waals surface area (Å²) < 4.78 is 29.6. The molecule has 2 atom stereocenters. The van der Waals surface area contributed by atoms with Gasteiger partial charge in [0, 0.05) is 11.5 Å². The standard InChI is InChI=1S/C10H11FO2S/c11-8-1-3-9(4-2-8)14(12)10-5-6-13-7-10/h1-4,10H,5-7H2. The van der Waals surface area contributed by atoms with Crippen LogP contribution in [0.25, 0.3) is 0 Å². The van der Waals surface area contributed by atoms with E-state index in [1.54, 1.807) is 12.1 Å². The van der Waals surface area contributed by atoms with E-state index >= 15 is 0 Å². The molecule has 1 heterocycles. The zero-order valence-electron chi connectivity index (χ0n) is 7.61. The summed E-state index contributed by atoms with van der Waals surface area (Å²) >= 11 is 0. The van der Waals surface area contributed by atoms with E-state index in [2.05, 4.69) is 0 Å². The average Bonchev–Trinajstić information content (AvgIpc) is 2.71. The molecular formula is C10H11FO2S. The lowest BCUT2D eigenvalue weighted by Gasteiger charge is -2.07. The van der Waals surface area contributed by atoms with Crippen LogP contribution < -0.4 is 0 Å². The molecular weight excluding hydrogens is 203 g/mol. The Morgan fingerprint density at radius 2 is 2.07 bits per heavy atom. The van der Waals surface area contributed by atoms with E-state index in [9.17, 15) is 8.60 Å². The van der Waals surface area contributed by atoms with Crippen molar-refractivity contribution in [3.63, 3.8) is 0 Å². The Kier molecular flexibility index (Phi) is 2.93.